The Bertz CT molecular complexity index is 875. The van der Waals surface area contributed by atoms with Gasteiger partial charge < -0.3 is 5.32 Å². The van der Waals surface area contributed by atoms with Crippen molar-refractivity contribution in [1.82, 2.24) is 4.31 Å². The van der Waals surface area contributed by atoms with E-state index in [1.54, 1.807) is 32.1 Å². The fourth-order valence-corrected chi connectivity index (χ4v) is 4.01. The Morgan fingerprint density at radius 1 is 1.04 bits per heavy atom. The van der Waals surface area contributed by atoms with Crippen LogP contribution in [0.1, 0.15) is 19.4 Å². The van der Waals surface area contributed by atoms with Crippen molar-refractivity contribution in [2.75, 3.05) is 18.4 Å². The number of nitrogens with one attached hydrogen (secondary N) is 1. The summed E-state index contributed by atoms with van der Waals surface area (Å²) in [5.41, 5.74) is 1.28. The van der Waals surface area contributed by atoms with Crippen molar-refractivity contribution in [2.45, 2.75) is 18.7 Å². The fraction of sp³-hybridized carbons (Fsp3) is 0.211. The van der Waals surface area contributed by atoms with Gasteiger partial charge in [0.05, 0.1) is 4.90 Å². The lowest BCUT2D eigenvalue weighted by Crippen LogP contribution is -2.30. The first-order valence-electron chi connectivity index (χ1n) is 8.22. The Hall–Kier alpha value is -2.15. The molecule has 7 heteroatoms. The monoisotopic (exact) mass is 392 g/mol. The molecule has 0 aliphatic carbocycles. The van der Waals surface area contributed by atoms with Crippen LogP contribution in [-0.4, -0.2) is 31.7 Å². The number of carbonyl (C=O) groups excluding carboxylic acids is 1. The van der Waals surface area contributed by atoms with Crippen molar-refractivity contribution >= 4 is 39.3 Å². The molecule has 2 aromatic carbocycles. The van der Waals surface area contributed by atoms with E-state index in [4.69, 9.17) is 11.6 Å². The first kappa shape index (κ1) is 20.2. The van der Waals surface area contributed by atoms with Crippen molar-refractivity contribution in [1.29, 1.82) is 0 Å². The topological polar surface area (TPSA) is 66.5 Å². The molecule has 26 heavy (non-hydrogen) atoms. The Labute approximate surface area is 159 Å². The van der Waals surface area contributed by atoms with Crippen molar-refractivity contribution < 1.29 is 13.2 Å². The normalized spacial score (nSPS) is 12.2. The first-order valence-corrected chi connectivity index (χ1v) is 10.0. The van der Waals surface area contributed by atoms with E-state index in [1.807, 2.05) is 30.3 Å². The van der Waals surface area contributed by atoms with Gasteiger partial charge in [0.25, 0.3) is 5.91 Å². The lowest BCUT2D eigenvalue weighted by molar-refractivity contribution is -0.112. The summed E-state index contributed by atoms with van der Waals surface area (Å²) in [5.74, 6) is -0.463. The highest BCUT2D eigenvalue weighted by Gasteiger charge is 2.21. The molecular weight excluding hydrogens is 372 g/mol. The van der Waals surface area contributed by atoms with Gasteiger partial charge in [0.15, 0.2) is 0 Å². The van der Waals surface area contributed by atoms with Crippen molar-refractivity contribution in [3.8, 4) is 0 Å². The van der Waals surface area contributed by atoms with E-state index in [1.165, 1.54) is 16.4 Å². The van der Waals surface area contributed by atoms with Gasteiger partial charge in [0.2, 0.25) is 10.0 Å². The summed E-state index contributed by atoms with van der Waals surface area (Å²) in [6.45, 7) is 4.38. The van der Waals surface area contributed by atoms with Crippen molar-refractivity contribution in [2.24, 2.45) is 0 Å². The summed E-state index contributed by atoms with van der Waals surface area (Å²) in [7, 11) is -3.52. The number of hydrogen-bond donors (Lipinski definition) is 1. The Kier molecular flexibility index (Phi) is 6.97. The molecule has 0 fully saturated rings. The van der Waals surface area contributed by atoms with Crippen LogP contribution in [0.25, 0.3) is 6.08 Å². The van der Waals surface area contributed by atoms with Crippen LogP contribution in [0.3, 0.4) is 0 Å². The molecule has 2 rings (SSSR count). The Balaban J connectivity index is 2.12. The summed E-state index contributed by atoms with van der Waals surface area (Å²) >= 11 is 6.05. The number of anilines is 1. The van der Waals surface area contributed by atoms with Crippen LogP contribution < -0.4 is 5.32 Å². The molecule has 0 saturated heterocycles. The van der Waals surface area contributed by atoms with E-state index >= 15 is 0 Å². The van der Waals surface area contributed by atoms with Crippen LogP contribution in [0.5, 0.6) is 0 Å². The van der Waals surface area contributed by atoms with Crippen LogP contribution in [-0.2, 0) is 14.8 Å². The molecule has 0 aromatic heterocycles. The van der Waals surface area contributed by atoms with Gasteiger partial charge in [-0.3, -0.25) is 4.79 Å². The maximum Gasteiger partial charge on any atom is 0.267 e. The summed E-state index contributed by atoms with van der Waals surface area (Å²) in [6, 6.07) is 15.3. The highest BCUT2D eigenvalue weighted by molar-refractivity contribution is 7.89. The van der Waals surface area contributed by atoms with E-state index in [0.717, 1.165) is 5.56 Å². The number of hydrogen-bond acceptors (Lipinski definition) is 3. The van der Waals surface area contributed by atoms with Crippen LogP contribution >= 0.6 is 11.6 Å². The lowest BCUT2D eigenvalue weighted by Gasteiger charge is -2.18. The molecule has 0 aliphatic rings. The van der Waals surface area contributed by atoms with E-state index < -0.39 is 15.9 Å². The highest BCUT2D eigenvalue weighted by Crippen LogP contribution is 2.19. The van der Waals surface area contributed by atoms with E-state index in [0.29, 0.717) is 18.8 Å². The van der Waals surface area contributed by atoms with Crippen molar-refractivity contribution in [3.63, 3.8) is 0 Å². The molecule has 0 spiro atoms. The van der Waals surface area contributed by atoms with Gasteiger partial charge in [0, 0.05) is 18.8 Å². The van der Waals surface area contributed by atoms with Crippen molar-refractivity contribution in [3.05, 3.63) is 65.2 Å². The van der Waals surface area contributed by atoms with E-state index in [9.17, 15) is 13.2 Å². The first-order chi connectivity index (χ1) is 12.4. The smallest absolute Gasteiger partial charge is 0.267 e. The average molecular weight is 393 g/mol. The third-order valence-electron chi connectivity index (χ3n) is 3.77. The summed E-state index contributed by atoms with van der Waals surface area (Å²) < 4.78 is 26.3. The maximum absolute atomic E-state index is 12.4. The number of rotatable bonds is 7. The third-order valence-corrected chi connectivity index (χ3v) is 6.11. The lowest BCUT2D eigenvalue weighted by atomic mass is 10.2. The zero-order valence-electron chi connectivity index (χ0n) is 14.6. The number of sulfonamides is 1. The molecular formula is C19H21ClN2O3S. The minimum Gasteiger partial charge on any atom is -0.321 e. The Morgan fingerprint density at radius 2 is 1.62 bits per heavy atom. The molecule has 1 amide bonds. The van der Waals surface area contributed by atoms with Crippen LogP contribution in [0, 0.1) is 0 Å². The zero-order valence-corrected chi connectivity index (χ0v) is 16.2. The molecule has 138 valence electrons. The Morgan fingerprint density at radius 3 is 2.15 bits per heavy atom. The van der Waals surface area contributed by atoms with Crippen LogP contribution in [0.4, 0.5) is 5.69 Å². The van der Waals surface area contributed by atoms with Crippen LogP contribution in [0.15, 0.2) is 64.5 Å². The summed E-state index contributed by atoms with van der Waals surface area (Å²) in [4.78, 5) is 12.3. The second kappa shape index (κ2) is 8.98. The second-order valence-electron chi connectivity index (χ2n) is 5.47. The molecule has 2 aromatic rings. The van der Waals surface area contributed by atoms with Gasteiger partial charge in [-0.2, -0.15) is 4.31 Å². The predicted molar refractivity (Wildman–Crippen MR) is 105 cm³/mol. The molecule has 0 saturated carbocycles. The molecule has 0 radical (unpaired) electrons. The van der Waals surface area contributed by atoms with E-state index in [-0.39, 0.29) is 9.93 Å². The minimum absolute atomic E-state index is 0.0380. The van der Waals surface area contributed by atoms with E-state index in [2.05, 4.69) is 5.32 Å². The molecule has 0 heterocycles. The minimum atomic E-state index is -3.52. The summed E-state index contributed by atoms with van der Waals surface area (Å²) in [6.07, 6.45) is 1.57. The SMILES string of the molecule is CCN(CC)S(=O)(=O)c1ccc(NC(=O)/C(Cl)=C/c2ccccc2)cc1. The van der Waals surface area contributed by atoms with Gasteiger partial charge >= 0.3 is 0 Å². The molecule has 0 unspecified atom stereocenters. The van der Waals surface area contributed by atoms with Gasteiger partial charge in [-0.15, -0.1) is 0 Å². The summed E-state index contributed by atoms with van der Waals surface area (Å²) in [5, 5.41) is 2.69. The number of halogens is 1. The number of benzene rings is 2. The largest absolute Gasteiger partial charge is 0.321 e. The second-order valence-corrected chi connectivity index (χ2v) is 7.82. The zero-order chi connectivity index (χ0) is 19.2. The molecule has 0 atom stereocenters. The van der Waals surface area contributed by atoms with Gasteiger partial charge in [-0.1, -0.05) is 55.8 Å². The third kappa shape index (κ3) is 4.94. The van der Waals surface area contributed by atoms with Crippen LogP contribution in [0.2, 0.25) is 0 Å². The molecule has 0 bridgehead atoms. The van der Waals surface area contributed by atoms with Gasteiger partial charge in [0.1, 0.15) is 5.03 Å². The number of nitrogens with zero attached hydrogens (tertiary/aromatic N) is 1. The van der Waals surface area contributed by atoms with Gasteiger partial charge in [-0.05, 0) is 35.9 Å². The molecule has 5 nitrogen and oxygen atoms in total. The maximum atomic E-state index is 12.4. The number of carbonyl (C=O) groups is 1. The molecule has 0 aliphatic heterocycles. The predicted octanol–water partition coefficient (Wildman–Crippen LogP) is 3.94. The average Bonchev–Trinajstić information content (AvgIpc) is 2.63. The van der Waals surface area contributed by atoms with Gasteiger partial charge in [-0.25, -0.2) is 8.42 Å². The highest BCUT2D eigenvalue weighted by atomic mass is 35.5. The standard InChI is InChI=1S/C19H21ClN2O3S/c1-3-22(4-2)26(24,25)17-12-10-16(11-13-17)21-19(23)18(20)14-15-8-6-5-7-9-15/h5-14H,3-4H2,1-2H3,(H,21,23)/b18-14-. The molecule has 1 N–H and O–H groups in total. The quantitative estimate of drug-likeness (QED) is 0.726. The fourth-order valence-electron chi connectivity index (χ4n) is 2.37. The number of amides is 1.